The van der Waals surface area contributed by atoms with Crippen molar-refractivity contribution in [2.24, 2.45) is 17.3 Å². The summed E-state index contributed by atoms with van der Waals surface area (Å²) in [5.74, 6) is -0.250. The van der Waals surface area contributed by atoms with Gasteiger partial charge in [0.05, 0.1) is 13.5 Å². The summed E-state index contributed by atoms with van der Waals surface area (Å²) in [6.07, 6.45) is 3.02. The van der Waals surface area contributed by atoms with Crippen LogP contribution in [0.15, 0.2) is 30.3 Å². The lowest BCUT2D eigenvalue weighted by Gasteiger charge is -2.48. The number of ether oxygens (including phenoxy) is 1. The summed E-state index contributed by atoms with van der Waals surface area (Å²) in [4.78, 5) is 23.3. The normalized spacial score (nSPS) is 34.2. The van der Waals surface area contributed by atoms with Crippen LogP contribution in [0.4, 0.5) is 0 Å². The van der Waals surface area contributed by atoms with E-state index in [1.165, 1.54) is 11.1 Å². The highest BCUT2D eigenvalue weighted by molar-refractivity contribution is 5.90. The molecular formula is C24H26O5. The lowest BCUT2D eigenvalue weighted by molar-refractivity contribution is -0.140. The second-order valence-corrected chi connectivity index (χ2v) is 9.43. The number of carboxylic acid groups (broad SMARTS) is 2. The number of methoxy groups -OCH3 is 1. The quantitative estimate of drug-likeness (QED) is 0.776. The van der Waals surface area contributed by atoms with Crippen LogP contribution in [-0.4, -0.2) is 29.3 Å². The molecule has 2 N–H and O–H groups in total. The molecule has 29 heavy (non-hydrogen) atoms. The van der Waals surface area contributed by atoms with Crippen LogP contribution >= 0.6 is 0 Å². The third-order valence-corrected chi connectivity index (χ3v) is 8.26. The fourth-order valence-electron chi connectivity index (χ4n) is 7.07. The smallest absolute Gasteiger partial charge is 0.303 e. The number of carbonyl (C=O) groups is 2. The first kappa shape index (κ1) is 18.5. The van der Waals surface area contributed by atoms with Crippen LogP contribution in [0.3, 0.4) is 0 Å². The third kappa shape index (κ3) is 2.39. The monoisotopic (exact) mass is 394 g/mol. The Kier molecular flexibility index (Phi) is 3.80. The van der Waals surface area contributed by atoms with Gasteiger partial charge in [0.15, 0.2) is 0 Å². The number of rotatable bonds is 5. The molecule has 3 aliphatic rings. The standard InChI is InChI=1S/C24H26O5/c1-23-11-14(8-20(25)26)22-18-5-4-17(29-2)7-13(18)3-6-19(22)24(23)12-16(24)9-15(23)10-21(27)28/h3-7,14-16H,8-12H2,1-2H3,(H,25,26)(H,27,28)/t14-,15+,16-,23-,24+/m1/s1. The van der Waals surface area contributed by atoms with Gasteiger partial charge in [-0.15, -0.1) is 0 Å². The Bertz CT molecular complexity index is 1040. The molecule has 0 unspecified atom stereocenters. The SMILES string of the molecule is COc1ccc2c3c(ccc2c1)[C@]12C[C@H]1C[C@@H](CC(=O)O)[C@@]2(C)C[C@H]3CC(=O)O. The molecule has 0 amide bonds. The van der Waals surface area contributed by atoms with Gasteiger partial charge in [0.1, 0.15) is 5.75 Å². The summed E-state index contributed by atoms with van der Waals surface area (Å²) >= 11 is 0. The summed E-state index contributed by atoms with van der Waals surface area (Å²) in [5, 5.41) is 21.3. The maximum atomic E-state index is 11.7. The highest BCUT2D eigenvalue weighted by Crippen LogP contribution is 2.79. The number of carboxylic acids is 2. The first-order valence-corrected chi connectivity index (χ1v) is 10.3. The number of benzene rings is 2. The van der Waals surface area contributed by atoms with E-state index in [0.29, 0.717) is 5.92 Å². The van der Waals surface area contributed by atoms with E-state index in [0.717, 1.165) is 35.8 Å². The van der Waals surface area contributed by atoms with E-state index < -0.39 is 11.9 Å². The van der Waals surface area contributed by atoms with Crippen LogP contribution < -0.4 is 4.74 Å². The van der Waals surface area contributed by atoms with Gasteiger partial charge in [-0.2, -0.15) is 0 Å². The van der Waals surface area contributed by atoms with Crippen molar-refractivity contribution in [3.8, 4) is 5.75 Å². The lowest BCUT2D eigenvalue weighted by atomic mass is 9.55. The maximum absolute atomic E-state index is 11.7. The van der Waals surface area contributed by atoms with Gasteiger partial charge in [0.2, 0.25) is 0 Å². The first-order chi connectivity index (χ1) is 13.8. The van der Waals surface area contributed by atoms with E-state index in [9.17, 15) is 19.8 Å². The lowest BCUT2D eigenvalue weighted by Crippen LogP contribution is -2.42. The zero-order valence-corrected chi connectivity index (χ0v) is 16.8. The van der Waals surface area contributed by atoms with Crippen molar-refractivity contribution in [1.29, 1.82) is 0 Å². The molecule has 0 aliphatic heterocycles. The van der Waals surface area contributed by atoms with E-state index >= 15 is 0 Å². The van der Waals surface area contributed by atoms with Crippen LogP contribution in [0.5, 0.6) is 5.75 Å². The van der Waals surface area contributed by atoms with Crippen molar-refractivity contribution in [3.63, 3.8) is 0 Å². The molecule has 5 atom stereocenters. The molecule has 2 saturated carbocycles. The molecule has 152 valence electrons. The summed E-state index contributed by atoms with van der Waals surface area (Å²) in [6.45, 7) is 2.23. The fraction of sp³-hybridized carbons (Fsp3) is 0.500. The average molecular weight is 394 g/mol. The minimum absolute atomic E-state index is 0.00553. The molecule has 2 aromatic rings. The fourth-order valence-corrected chi connectivity index (χ4v) is 7.07. The van der Waals surface area contributed by atoms with Gasteiger partial charge >= 0.3 is 11.9 Å². The Morgan fingerprint density at radius 1 is 1.10 bits per heavy atom. The Labute approximate surface area is 169 Å². The molecule has 0 radical (unpaired) electrons. The Hall–Kier alpha value is -2.56. The van der Waals surface area contributed by atoms with Gasteiger partial charge in [-0.25, -0.2) is 0 Å². The number of hydrogen-bond donors (Lipinski definition) is 2. The minimum Gasteiger partial charge on any atom is -0.497 e. The molecule has 2 aromatic carbocycles. The molecule has 5 rings (SSSR count). The van der Waals surface area contributed by atoms with Crippen LogP contribution in [0.25, 0.3) is 10.8 Å². The number of hydrogen-bond acceptors (Lipinski definition) is 3. The van der Waals surface area contributed by atoms with Crippen molar-refractivity contribution in [1.82, 2.24) is 0 Å². The van der Waals surface area contributed by atoms with Crippen LogP contribution in [0, 0.1) is 17.3 Å². The Morgan fingerprint density at radius 2 is 1.86 bits per heavy atom. The molecular weight excluding hydrogens is 368 g/mol. The van der Waals surface area contributed by atoms with Crippen molar-refractivity contribution in [2.45, 2.75) is 50.4 Å². The van der Waals surface area contributed by atoms with Crippen molar-refractivity contribution >= 4 is 22.7 Å². The Balaban J connectivity index is 1.71. The molecule has 1 spiro atoms. The van der Waals surface area contributed by atoms with Crippen LogP contribution in [-0.2, 0) is 15.0 Å². The average Bonchev–Trinajstić information content (AvgIpc) is 3.33. The second kappa shape index (κ2) is 5.97. The van der Waals surface area contributed by atoms with Gasteiger partial charge < -0.3 is 14.9 Å². The molecule has 5 nitrogen and oxygen atoms in total. The van der Waals surface area contributed by atoms with E-state index in [1.54, 1.807) is 7.11 Å². The van der Waals surface area contributed by atoms with E-state index in [-0.39, 0.29) is 35.5 Å². The van der Waals surface area contributed by atoms with Gasteiger partial charge in [-0.3, -0.25) is 9.59 Å². The van der Waals surface area contributed by atoms with Crippen molar-refractivity contribution in [2.75, 3.05) is 7.11 Å². The second-order valence-electron chi connectivity index (χ2n) is 9.43. The highest BCUT2D eigenvalue weighted by atomic mass is 16.5. The number of aliphatic carboxylic acids is 2. The highest BCUT2D eigenvalue weighted by Gasteiger charge is 2.74. The first-order valence-electron chi connectivity index (χ1n) is 10.3. The number of fused-ring (bicyclic) bond motifs is 3. The zero-order chi connectivity index (χ0) is 20.6. The minimum atomic E-state index is -0.800. The molecule has 2 fully saturated rings. The topological polar surface area (TPSA) is 83.8 Å². The molecule has 0 heterocycles. The van der Waals surface area contributed by atoms with E-state index in [2.05, 4.69) is 25.1 Å². The largest absolute Gasteiger partial charge is 0.497 e. The molecule has 0 bridgehead atoms. The molecule has 0 aromatic heterocycles. The predicted molar refractivity (Wildman–Crippen MR) is 108 cm³/mol. The predicted octanol–water partition coefficient (Wildman–Crippen LogP) is 4.57. The summed E-state index contributed by atoms with van der Waals surface area (Å²) < 4.78 is 5.37. The summed E-state index contributed by atoms with van der Waals surface area (Å²) in [7, 11) is 1.65. The third-order valence-electron chi connectivity index (χ3n) is 8.26. The van der Waals surface area contributed by atoms with Gasteiger partial charge in [-0.05, 0) is 76.5 Å². The summed E-state index contributed by atoms with van der Waals surface area (Å²) in [6, 6.07) is 10.3. The zero-order valence-electron chi connectivity index (χ0n) is 16.8. The molecule has 5 heteroatoms. The Morgan fingerprint density at radius 3 is 2.55 bits per heavy atom. The van der Waals surface area contributed by atoms with Gasteiger partial charge in [-0.1, -0.05) is 25.1 Å². The maximum Gasteiger partial charge on any atom is 0.303 e. The van der Waals surface area contributed by atoms with Crippen LogP contribution in [0.1, 0.15) is 56.1 Å². The van der Waals surface area contributed by atoms with E-state index in [4.69, 9.17) is 4.74 Å². The van der Waals surface area contributed by atoms with Crippen LogP contribution in [0.2, 0.25) is 0 Å². The van der Waals surface area contributed by atoms with Gasteiger partial charge in [0, 0.05) is 11.8 Å². The molecule has 0 saturated heterocycles. The van der Waals surface area contributed by atoms with Gasteiger partial charge in [0.25, 0.3) is 0 Å². The summed E-state index contributed by atoms with van der Waals surface area (Å²) in [5.41, 5.74) is 2.28. The van der Waals surface area contributed by atoms with Crippen molar-refractivity contribution < 1.29 is 24.5 Å². The van der Waals surface area contributed by atoms with Crippen molar-refractivity contribution in [3.05, 3.63) is 41.5 Å². The van der Waals surface area contributed by atoms with E-state index in [1.807, 2.05) is 12.1 Å². The molecule has 3 aliphatic carbocycles.